The van der Waals surface area contributed by atoms with Crippen LogP contribution in [0, 0.1) is 40.7 Å². The van der Waals surface area contributed by atoms with Crippen molar-refractivity contribution < 1.29 is 28.8 Å². The Hall–Kier alpha value is -4.34. The van der Waals surface area contributed by atoms with Gasteiger partial charge in [0.15, 0.2) is 0 Å². The second-order valence-electron chi connectivity index (χ2n) is 9.72. The summed E-state index contributed by atoms with van der Waals surface area (Å²) in [6.07, 6.45) is 4.43. The number of anilines is 2. The summed E-state index contributed by atoms with van der Waals surface area (Å²) in [4.78, 5) is 64.5. The van der Waals surface area contributed by atoms with Crippen LogP contribution in [-0.4, -0.2) is 35.2 Å². The van der Waals surface area contributed by atoms with Crippen molar-refractivity contribution in [1.82, 2.24) is 0 Å². The second-order valence-corrected chi connectivity index (χ2v) is 9.72. The number of fused-ring (bicyclic) bond motifs is 1. The number of carbonyl (C=O) groups is 4. The number of esters is 1. The van der Waals surface area contributed by atoms with Gasteiger partial charge in [-0.25, -0.2) is 4.90 Å². The molecule has 4 atom stereocenters. The third kappa shape index (κ3) is 4.28. The van der Waals surface area contributed by atoms with Gasteiger partial charge in [-0.05, 0) is 55.2 Å². The Morgan fingerprint density at radius 1 is 1.08 bits per heavy atom. The molecule has 0 spiro atoms. The molecule has 10 heteroatoms. The molecule has 37 heavy (non-hydrogen) atoms. The summed E-state index contributed by atoms with van der Waals surface area (Å²) < 4.78 is 5.54. The van der Waals surface area contributed by atoms with Crippen molar-refractivity contribution in [2.45, 2.75) is 26.7 Å². The number of rotatable bonds is 5. The number of hydrogen-bond acceptors (Lipinski definition) is 7. The van der Waals surface area contributed by atoms with Gasteiger partial charge in [-0.3, -0.25) is 29.3 Å². The van der Waals surface area contributed by atoms with Crippen LogP contribution < -0.4 is 14.5 Å². The standard InChI is InChI=1S/C27H25N3O7/c1-15-4-3-5-21-24(15)26(33)29(25(21)32)22-11-10-20(12-16(22)2)37-27(34)17-13-23(31)28(14-17)18-6-8-19(9-7-18)30(35)36/h3-4,6-12,15,17,21,24H,5,13-14H2,1-2H3/t15-,17+,21+,24+/m0/s1. The van der Waals surface area contributed by atoms with E-state index in [-0.39, 0.29) is 59.9 Å². The van der Waals surface area contributed by atoms with Crippen molar-refractivity contribution in [1.29, 1.82) is 0 Å². The molecule has 2 heterocycles. The van der Waals surface area contributed by atoms with Gasteiger partial charge in [0.2, 0.25) is 17.7 Å². The average molecular weight is 504 g/mol. The summed E-state index contributed by atoms with van der Waals surface area (Å²) in [6, 6.07) is 10.3. The van der Waals surface area contributed by atoms with Crippen LogP contribution in [0.3, 0.4) is 0 Å². The molecule has 190 valence electrons. The van der Waals surface area contributed by atoms with Crippen LogP contribution in [0.25, 0.3) is 0 Å². The molecular formula is C27H25N3O7. The Labute approximate surface area is 212 Å². The van der Waals surface area contributed by atoms with Gasteiger partial charge in [-0.1, -0.05) is 19.1 Å². The molecule has 1 aliphatic carbocycles. The lowest BCUT2D eigenvalue weighted by Crippen LogP contribution is -2.32. The molecule has 0 bridgehead atoms. The number of hydrogen-bond donors (Lipinski definition) is 0. The number of nitro groups is 1. The smallest absolute Gasteiger partial charge is 0.316 e. The summed E-state index contributed by atoms with van der Waals surface area (Å²) in [6.45, 7) is 3.78. The van der Waals surface area contributed by atoms with E-state index in [1.54, 1.807) is 19.1 Å². The molecule has 3 amide bonds. The zero-order valence-corrected chi connectivity index (χ0v) is 20.3. The number of ether oxygens (including phenoxy) is 1. The van der Waals surface area contributed by atoms with Gasteiger partial charge < -0.3 is 9.64 Å². The molecule has 0 N–H and O–H groups in total. The van der Waals surface area contributed by atoms with Gasteiger partial charge in [-0.2, -0.15) is 0 Å². The van der Waals surface area contributed by atoms with Crippen molar-refractivity contribution in [3.05, 3.63) is 70.3 Å². The number of non-ortho nitro benzene ring substituents is 1. The molecular weight excluding hydrogens is 478 g/mol. The van der Waals surface area contributed by atoms with Gasteiger partial charge in [0.25, 0.3) is 5.69 Å². The number of benzene rings is 2. The SMILES string of the molecule is Cc1cc(OC(=O)[C@@H]2CC(=O)N(c3ccc([N+](=O)[O-])cc3)C2)ccc1N1C(=O)[C@@H]2[C@@H](C)C=CC[C@H]2C1=O. The summed E-state index contributed by atoms with van der Waals surface area (Å²) in [5.74, 6) is -2.48. The van der Waals surface area contributed by atoms with Gasteiger partial charge in [0, 0.05) is 30.8 Å². The molecule has 2 aliphatic heterocycles. The first kappa shape index (κ1) is 24.4. The first-order valence-corrected chi connectivity index (χ1v) is 12.1. The van der Waals surface area contributed by atoms with Crippen LogP contribution in [0.15, 0.2) is 54.6 Å². The predicted octanol–water partition coefficient (Wildman–Crippen LogP) is 3.56. The van der Waals surface area contributed by atoms with Crippen LogP contribution in [0.4, 0.5) is 17.1 Å². The Kier molecular flexibility index (Phi) is 6.10. The molecule has 5 rings (SSSR count). The van der Waals surface area contributed by atoms with E-state index in [0.717, 1.165) is 0 Å². The minimum Gasteiger partial charge on any atom is -0.426 e. The fourth-order valence-corrected chi connectivity index (χ4v) is 5.40. The maximum absolute atomic E-state index is 13.1. The van der Waals surface area contributed by atoms with Crippen molar-refractivity contribution >= 4 is 40.8 Å². The molecule has 2 fully saturated rings. The van der Waals surface area contributed by atoms with E-state index in [4.69, 9.17) is 4.74 Å². The number of aryl methyl sites for hydroxylation is 1. The highest BCUT2D eigenvalue weighted by atomic mass is 16.6. The van der Waals surface area contributed by atoms with E-state index >= 15 is 0 Å². The highest BCUT2D eigenvalue weighted by Crippen LogP contribution is 2.41. The van der Waals surface area contributed by atoms with Crippen LogP contribution in [-0.2, 0) is 19.2 Å². The molecule has 2 aromatic rings. The molecule has 3 aliphatic rings. The third-order valence-electron chi connectivity index (χ3n) is 7.33. The number of nitrogens with zero attached hydrogens (tertiary/aromatic N) is 3. The second kappa shape index (κ2) is 9.27. The molecule has 2 aromatic carbocycles. The minimum absolute atomic E-state index is 0.0135. The summed E-state index contributed by atoms with van der Waals surface area (Å²) in [5.41, 5.74) is 1.46. The van der Waals surface area contributed by atoms with E-state index in [0.29, 0.717) is 23.4 Å². The zero-order chi connectivity index (χ0) is 26.4. The summed E-state index contributed by atoms with van der Waals surface area (Å²) >= 11 is 0. The zero-order valence-electron chi connectivity index (χ0n) is 20.3. The van der Waals surface area contributed by atoms with E-state index in [1.165, 1.54) is 40.1 Å². The normalized spacial score (nSPS) is 25.0. The molecule has 2 saturated heterocycles. The van der Waals surface area contributed by atoms with E-state index in [2.05, 4.69) is 0 Å². The number of nitro benzene ring substituents is 1. The molecule has 0 unspecified atom stereocenters. The van der Waals surface area contributed by atoms with Gasteiger partial charge in [0.1, 0.15) is 5.75 Å². The molecule has 0 radical (unpaired) electrons. The average Bonchev–Trinajstić information content (AvgIpc) is 3.37. The highest BCUT2D eigenvalue weighted by Gasteiger charge is 2.50. The van der Waals surface area contributed by atoms with Crippen LogP contribution in [0.2, 0.25) is 0 Å². The van der Waals surface area contributed by atoms with Crippen molar-refractivity contribution in [3.63, 3.8) is 0 Å². The predicted molar refractivity (Wildman–Crippen MR) is 133 cm³/mol. The summed E-state index contributed by atoms with van der Waals surface area (Å²) in [7, 11) is 0. The van der Waals surface area contributed by atoms with Crippen molar-refractivity contribution in [3.8, 4) is 5.75 Å². The van der Waals surface area contributed by atoms with Crippen LogP contribution in [0.1, 0.15) is 25.3 Å². The topological polar surface area (TPSA) is 127 Å². The minimum atomic E-state index is -0.707. The lowest BCUT2D eigenvalue weighted by Gasteiger charge is -2.22. The lowest BCUT2D eigenvalue weighted by molar-refractivity contribution is -0.384. The molecule has 0 aromatic heterocycles. The van der Waals surface area contributed by atoms with E-state index < -0.39 is 16.8 Å². The van der Waals surface area contributed by atoms with E-state index in [9.17, 15) is 29.3 Å². The fraction of sp³-hybridized carbons (Fsp3) is 0.333. The number of amides is 3. The first-order valence-electron chi connectivity index (χ1n) is 12.1. The maximum atomic E-state index is 13.1. The Morgan fingerprint density at radius 2 is 1.81 bits per heavy atom. The highest BCUT2D eigenvalue weighted by molar-refractivity contribution is 6.22. The number of imide groups is 1. The van der Waals surface area contributed by atoms with Crippen LogP contribution >= 0.6 is 0 Å². The molecule has 0 saturated carbocycles. The van der Waals surface area contributed by atoms with Crippen LogP contribution in [0.5, 0.6) is 5.75 Å². The van der Waals surface area contributed by atoms with Gasteiger partial charge in [-0.15, -0.1) is 0 Å². The Balaban J connectivity index is 1.27. The Morgan fingerprint density at radius 3 is 2.46 bits per heavy atom. The van der Waals surface area contributed by atoms with Gasteiger partial charge >= 0.3 is 5.97 Å². The quantitative estimate of drug-likeness (QED) is 0.152. The number of carbonyl (C=O) groups excluding carboxylic acids is 4. The van der Waals surface area contributed by atoms with E-state index in [1.807, 2.05) is 19.1 Å². The molecule has 10 nitrogen and oxygen atoms in total. The van der Waals surface area contributed by atoms with Crippen molar-refractivity contribution in [2.75, 3.05) is 16.3 Å². The Bertz CT molecular complexity index is 1350. The van der Waals surface area contributed by atoms with Crippen molar-refractivity contribution in [2.24, 2.45) is 23.7 Å². The first-order chi connectivity index (χ1) is 17.7. The monoisotopic (exact) mass is 503 g/mol. The largest absolute Gasteiger partial charge is 0.426 e. The maximum Gasteiger partial charge on any atom is 0.316 e. The van der Waals surface area contributed by atoms with Gasteiger partial charge in [0.05, 0.1) is 28.4 Å². The third-order valence-corrected chi connectivity index (χ3v) is 7.33. The summed E-state index contributed by atoms with van der Waals surface area (Å²) in [5, 5.41) is 10.9. The number of allylic oxidation sites excluding steroid dienone is 2. The fourth-order valence-electron chi connectivity index (χ4n) is 5.40. The lowest BCUT2D eigenvalue weighted by atomic mass is 9.78.